The highest BCUT2D eigenvalue weighted by atomic mass is 16.3. The monoisotopic (exact) mass is 267 g/mol. The molecule has 0 amide bonds. The summed E-state index contributed by atoms with van der Waals surface area (Å²) in [7, 11) is 1.72. The molecule has 2 heteroatoms. The molecule has 0 fully saturated rings. The van der Waals surface area contributed by atoms with Crippen molar-refractivity contribution in [3.05, 3.63) is 53.6 Å². The van der Waals surface area contributed by atoms with Crippen LogP contribution in [0.1, 0.15) is 31.9 Å². The molecule has 0 spiro atoms. The molecule has 20 heavy (non-hydrogen) atoms. The van der Waals surface area contributed by atoms with Gasteiger partial charge in [0.15, 0.2) is 0 Å². The second kappa shape index (κ2) is 5.49. The highest BCUT2D eigenvalue weighted by Crippen LogP contribution is 2.37. The quantitative estimate of drug-likeness (QED) is 0.803. The first-order valence-electron chi connectivity index (χ1n) is 6.79. The number of aromatic hydroxyl groups is 1. The van der Waals surface area contributed by atoms with E-state index in [1.165, 1.54) is 0 Å². The smallest absolute Gasteiger partial charge is 0.128 e. The minimum absolute atomic E-state index is 0.102. The van der Waals surface area contributed by atoms with Gasteiger partial charge in [-0.1, -0.05) is 63.2 Å². The minimum Gasteiger partial charge on any atom is -0.507 e. The van der Waals surface area contributed by atoms with Gasteiger partial charge in [-0.05, 0) is 22.1 Å². The third kappa shape index (κ3) is 2.74. The summed E-state index contributed by atoms with van der Waals surface area (Å²) in [6.07, 6.45) is 1.73. The maximum atomic E-state index is 10.6. The Labute approximate surface area is 120 Å². The van der Waals surface area contributed by atoms with Crippen LogP contribution in [0, 0.1) is 0 Å². The first kappa shape index (κ1) is 14.3. The molecule has 0 saturated heterocycles. The van der Waals surface area contributed by atoms with Gasteiger partial charge in [-0.3, -0.25) is 4.99 Å². The number of hydrogen-bond acceptors (Lipinski definition) is 2. The molecule has 0 radical (unpaired) electrons. The van der Waals surface area contributed by atoms with Crippen LogP contribution in [0.4, 0.5) is 0 Å². The lowest BCUT2D eigenvalue weighted by molar-refractivity contribution is 0.446. The summed E-state index contributed by atoms with van der Waals surface area (Å²) in [6.45, 7) is 6.28. The number of nitrogens with zero attached hydrogens (tertiary/aromatic N) is 1. The molecule has 0 aliphatic heterocycles. The Balaban J connectivity index is 2.69. The predicted octanol–water partition coefficient (Wildman–Crippen LogP) is 4.41. The molecule has 0 unspecified atom stereocenters. The van der Waals surface area contributed by atoms with Gasteiger partial charge in [0.2, 0.25) is 0 Å². The van der Waals surface area contributed by atoms with Crippen LogP contribution in [0.3, 0.4) is 0 Å². The molecular weight excluding hydrogens is 246 g/mol. The lowest BCUT2D eigenvalue weighted by atomic mass is 9.83. The Bertz CT molecular complexity index is 622. The molecule has 0 aliphatic rings. The van der Waals surface area contributed by atoms with E-state index in [-0.39, 0.29) is 5.41 Å². The minimum atomic E-state index is -0.102. The van der Waals surface area contributed by atoms with Crippen molar-refractivity contribution in [3.63, 3.8) is 0 Å². The van der Waals surface area contributed by atoms with E-state index in [1.54, 1.807) is 13.3 Å². The van der Waals surface area contributed by atoms with Gasteiger partial charge >= 0.3 is 0 Å². The first-order valence-corrected chi connectivity index (χ1v) is 6.79. The molecule has 2 nitrogen and oxygen atoms in total. The highest BCUT2D eigenvalue weighted by molar-refractivity contribution is 5.94. The third-order valence-corrected chi connectivity index (χ3v) is 3.37. The number of benzene rings is 2. The van der Waals surface area contributed by atoms with E-state index in [2.05, 4.69) is 31.8 Å². The van der Waals surface area contributed by atoms with Crippen molar-refractivity contribution in [1.29, 1.82) is 0 Å². The van der Waals surface area contributed by atoms with Crippen LogP contribution in [0.5, 0.6) is 5.75 Å². The zero-order valence-electron chi connectivity index (χ0n) is 12.5. The van der Waals surface area contributed by atoms with E-state index in [1.807, 2.05) is 36.4 Å². The van der Waals surface area contributed by atoms with Crippen molar-refractivity contribution in [3.8, 4) is 16.9 Å². The standard InChI is InChI=1S/C18H21NO/c1-18(2,3)16-11-10-14(13-8-6-5-7-9-13)15(12-19-4)17(16)20/h5-12,20H,1-4H3. The van der Waals surface area contributed by atoms with Gasteiger partial charge < -0.3 is 5.11 Å². The zero-order valence-corrected chi connectivity index (χ0v) is 12.5. The highest BCUT2D eigenvalue weighted by Gasteiger charge is 2.21. The van der Waals surface area contributed by atoms with Crippen LogP contribution in [-0.4, -0.2) is 18.4 Å². The third-order valence-electron chi connectivity index (χ3n) is 3.37. The normalized spacial score (nSPS) is 12.0. The Morgan fingerprint density at radius 3 is 2.20 bits per heavy atom. The van der Waals surface area contributed by atoms with Gasteiger partial charge in [-0.2, -0.15) is 0 Å². The number of phenolic OH excluding ortho intramolecular Hbond substituents is 1. The van der Waals surface area contributed by atoms with Gasteiger partial charge in [0, 0.05) is 18.8 Å². The van der Waals surface area contributed by atoms with Gasteiger partial charge in [0.1, 0.15) is 5.75 Å². The van der Waals surface area contributed by atoms with Crippen LogP contribution < -0.4 is 0 Å². The van der Waals surface area contributed by atoms with Crippen LogP contribution in [-0.2, 0) is 5.41 Å². The van der Waals surface area contributed by atoms with Crippen LogP contribution in [0.15, 0.2) is 47.5 Å². The topological polar surface area (TPSA) is 32.6 Å². The van der Waals surface area contributed by atoms with Crippen molar-refractivity contribution in [2.45, 2.75) is 26.2 Å². The van der Waals surface area contributed by atoms with Crippen LogP contribution in [0.25, 0.3) is 11.1 Å². The fourth-order valence-corrected chi connectivity index (χ4v) is 2.34. The summed E-state index contributed by atoms with van der Waals surface area (Å²) in [4.78, 5) is 4.09. The number of rotatable bonds is 2. The van der Waals surface area contributed by atoms with Crippen molar-refractivity contribution in [2.75, 3.05) is 7.05 Å². The largest absolute Gasteiger partial charge is 0.507 e. The van der Waals surface area contributed by atoms with Crippen molar-refractivity contribution in [1.82, 2.24) is 0 Å². The van der Waals surface area contributed by atoms with Crippen molar-refractivity contribution in [2.24, 2.45) is 4.99 Å². The maximum absolute atomic E-state index is 10.6. The Morgan fingerprint density at radius 2 is 1.65 bits per heavy atom. The molecule has 0 heterocycles. The summed E-state index contributed by atoms with van der Waals surface area (Å²) in [6, 6.07) is 14.1. The summed E-state index contributed by atoms with van der Waals surface area (Å²) in [5.41, 5.74) is 3.70. The molecule has 1 N–H and O–H groups in total. The van der Waals surface area contributed by atoms with Gasteiger partial charge in [-0.25, -0.2) is 0 Å². The molecule has 104 valence electrons. The van der Waals surface area contributed by atoms with Gasteiger partial charge in [-0.15, -0.1) is 0 Å². The van der Waals surface area contributed by atoms with Crippen molar-refractivity contribution >= 4 is 6.21 Å². The molecule has 0 bridgehead atoms. The average Bonchev–Trinajstić information content (AvgIpc) is 2.40. The molecule has 0 aliphatic carbocycles. The van der Waals surface area contributed by atoms with E-state index in [4.69, 9.17) is 0 Å². The van der Waals surface area contributed by atoms with E-state index >= 15 is 0 Å². The second-order valence-corrected chi connectivity index (χ2v) is 5.93. The van der Waals surface area contributed by atoms with Crippen molar-refractivity contribution < 1.29 is 5.11 Å². The SMILES string of the molecule is CN=Cc1c(-c2ccccc2)ccc(C(C)(C)C)c1O. The summed E-state index contributed by atoms with van der Waals surface area (Å²) in [5, 5.41) is 10.6. The van der Waals surface area contributed by atoms with E-state index in [0.717, 1.165) is 22.3 Å². The fourth-order valence-electron chi connectivity index (χ4n) is 2.34. The zero-order chi connectivity index (χ0) is 14.8. The van der Waals surface area contributed by atoms with Gasteiger partial charge in [0.05, 0.1) is 0 Å². The molecular formula is C18H21NO. The Hall–Kier alpha value is -2.09. The maximum Gasteiger partial charge on any atom is 0.128 e. The molecule has 2 aromatic rings. The second-order valence-electron chi connectivity index (χ2n) is 5.93. The predicted molar refractivity (Wildman–Crippen MR) is 85.8 cm³/mol. The van der Waals surface area contributed by atoms with Crippen LogP contribution >= 0.6 is 0 Å². The van der Waals surface area contributed by atoms with Gasteiger partial charge in [0.25, 0.3) is 0 Å². The summed E-state index contributed by atoms with van der Waals surface area (Å²) < 4.78 is 0. The lowest BCUT2D eigenvalue weighted by Gasteiger charge is -2.22. The Morgan fingerprint density at radius 1 is 1.00 bits per heavy atom. The number of phenols is 1. The summed E-state index contributed by atoms with van der Waals surface area (Å²) in [5.74, 6) is 0.324. The number of hydrogen-bond donors (Lipinski definition) is 1. The van der Waals surface area contributed by atoms with E-state index < -0.39 is 0 Å². The first-order chi connectivity index (χ1) is 9.45. The molecule has 0 saturated carbocycles. The molecule has 2 rings (SSSR count). The molecule has 0 atom stereocenters. The molecule has 2 aromatic carbocycles. The van der Waals surface area contributed by atoms with E-state index in [0.29, 0.717) is 5.75 Å². The van der Waals surface area contributed by atoms with Crippen LogP contribution in [0.2, 0.25) is 0 Å². The average molecular weight is 267 g/mol. The Kier molecular flexibility index (Phi) is 3.93. The fraction of sp³-hybridized carbons (Fsp3) is 0.278. The number of aliphatic imine (C=N–C) groups is 1. The summed E-state index contributed by atoms with van der Waals surface area (Å²) >= 11 is 0. The molecule has 0 aromatic heterocycles. The lowest BCUT2D eigenvalue weighted by Crippen LogP contribution is -2.12. The van der Waals surface area contributed by atoms with E-state index in [9.17, 15) is 5.11 Å².